The molecule has 0 rings (SSSR count). The molecule has 11 heteroatoms. The second kappa shape index (κ2) is 4.58. The van der Waals surface area contributed by atoms with Crippen molar-refractivity contribution in [2.24, 2.45) is 0 Å². The molecule has 0 aromatic heterocycles. The smallest absolute Gasteiger partial charge is 0.379 e. The van der Waals surface area contributed by atoms with E-state index >= 15 is 0 Å². The van der Waals surface area contributed by atoms with E-state index in [1.807, 2.05) is 0 Å². The zero-order valence-corrected chi connectivity index (χ0v) is 9.58. The molecule has 0 saturated heterocycles. The minimum Gasteiger partial charge on any atom is -0.630 e. The highest BCUT2D eigenvalue weighted by Gasteiger charge is 2.37. The van der Waals surface area contributed by atoms with Crippen LogP contribution in [0.2, 0.25) is 0 Å². The predicted molar refractivity (Wildman–Crippen MR) is 49.1 cm³/mol. The first-order valence-electron chi connectivity index (χ1n) is 3.71. The van der Waals surface area contributed by atoms with Crippen LogP contribution < -0.4 is 0 Å². The maximum absolute atomic E-state index is 11.5. The topological polar surface area (TPSA) is 158 Å². The Kier molecular flexibility index (Phi) is 4.64. The van der Waals surface area contributed by atoms with Gasteiger partial charge in [0.05, 0.1) is 0 Å². The van der Waals surface area contributed by atoms with E-state index < -0.39 is 38.6 Å². The Morgan fingerprint density at radius 1 is 1.13 bits per heavy atom. The Hall–Kier alpha value is 0.180. The van der Waals surface area contributed by atoms with Crippen LogP contribution in [0.4, 0.5) is 0 Å². The van der Waals surface area contributed by atoms with Crippen LogP contribution in [0, 0.1) is 5.21 Å². The first kappa shape index (κ1) is 15.2. The molecule has 1 atom stereocenters. The second-order valence-electron chi connectivity index (χ2n) is 3.20. The number of hydrogen-bond acceptors (Lipinski definition) is 4. The van der Waals surface area contributed by atoms with Gasteiger partial charge in [0.2, 0.25) is 0 Å². The van der Waals surface area contributed by atoms with Gasteiger partial charge >= 0.3 is 15.2 Å². The average Bonchev–Trinajstić information content (AvgIpc) is 1.75. The molecule has 0 bridgehead atoms. The number of hydrogen-bond donors (Lipinski definition) is 5. The summed E-state index contributed by atoms with van der Waals surface area (Å²) in [6, 6.07) is 0. The Morgan fingerprint density at radius 3 is 1.53 bits per heavy atom. The van der Waals surface area contributed by atoms with Crippen LogP contribution in [-0.2, 0) is 9.13 Å². The Balaban J connectivity index is 4.93. The summed E-state index contributed by atoms with van der Waals surface area (Å²) in [5.41, 5.74) is 0. The van der Waals surface area contributed by atoms with Crippen LogP contribution in [0.1, 0.15) is 6.92 Å². The van der Waals surface area contributed by atoms with Crippen molar-refractivity contribution in [1.82, 2.24) is 0 Å². The minimum atomic E-state index is -4.77. The number of quaternary nitrogens is 1. The summed E-state index contributed by atoms with van der Waals surface area (Å²) in [4.78, 5) is 34.1. The average molecular weight is 265 g/mol. The quantitative estimate of drug-likeness (QED) is 0.181. The number of nitrogens with zero attached hydrogens (tertiary/aromatic N) is 1. The lowest BCUT2D eigenvalue weighted by atomic mass is 10.6. The molecular weight excluding hydrogens is 252 g/mol. The zero-order valence-electron chi connectivity index (χ0n) is 7.79. The van der Waals surface area contributed by atoms with Crippen molar-refractivity contribution in [2.75, 3.05) is 12.6 Å². The lowest BCUT2D eigenvalue weighted by Crippen LogP contribution is -2.50. The molecule has 0 aromatic carbocycles. The van der Waals surface area contributed by atoms with E-state index in [1.165, 1.54) is 0 Å². The first-order valence-corrected chi connectivity index (χ1v) is 7.30. The van der Waals surface area contributed by atoms with Crippen LogP contribution in [0.15, 0.2) is 0 Å². The minimum absolute atomic E-state index is 0.901. The van der Waals surface area contributed by atoms with Crippen molar-refractivity contribution < 1.29 is 38.5 Å². The normalized spacial score (nSPS) is 16.5. The molecule has 0 heterocycles. The van der Waals surface area contributed by atoms with Crippen molar-refractivity contribution in [3.63, 3.8) is 0 Å². The van der Waals surface area contributed by atoms with Crippen molar-refractivity contribution in [3.8, 4) is 0 Å². The van der Waals surface area contributed by atoms with Crippen LogP contribution in [0.5, 0.6) is 0 Å². The maximum Gasteiger partial charge on any atom is 0.379 e. The first-order chi connectivity index (χ1) is 6.36. The fraction of sp³-hybridized carbons (Fsp3) is 1.00. The van der Waals surface area contributed by atoms with Crippen LogP contribution in [0.3, 0.4) is 0 Å². The number of aliphatic hydroxyl groups is 1. The van der Waals surface area contributed by atoms with Crippen molar-refractivity contribution in [2.45, 2.75) is 13.2 Å². The van der Waals surface area contributed by atoms with Crippen molar-refractivity contribution in [1.29, 1.82) is 0 Å². The Labute approximate surface area is 85.4 Å². The zero-order chi connectivity index (χ0) is 12.5. The molecule has 0 aliphatic heterocycles. The standard InChI is InChI=1S/C4H13NO8P2/c1-4(6)5(7,2-14(8,9)10)3-15(11,12)13/h4,6H,2-3H2,1H3,(H2,8,9,10)(H2,11,12,13). The van der Waals surface area contributed by atoms with E-state index in [0.717, 1.165) is 6.92 Å². The summed E-state index contributed by atoms with van der Waals surface area (Å²) in [5.74, 6) is 0. The summed E-state index contributed by atoms with van der Waals surface area (Å²) in [5, 5.41) is 20.5. The predicted octanol–water partition coefficient (Wildman–Crippen LogP) is -1.09. The fourth-order valence-corrected chi connectivity index (χ4v) is 2.98. The van der Waals surface area contributed by atoms with Gasteiger partial charge in [-0.2, -0.15) is 0 Å². The molecule has 0 aliphatic rings. The van der Waals surface area contributed by atoms with Crippen molar-refractivity contribution in [3.05, 3.63) is 5.21 Å². The summed E-state index contributed by atoms with van der Waals surface area (Å²) in [6.07, 6.45) is -4.60. The molecular formula is C4H13NO8P2. The van der Waals surface area contributed by atoms with Crippen LogP contribution in [-0.4, -0.2) is 48.1 Å². The highest BCUT2D eigenvalue weighted by molar-refractivity contribution is 7.52. The van der Waals surface area contributed by atoms with Gasteiger partial charge in [-0.25, -0.2) is 0 Å². The molecule has 0 amide bonds. The number of aliphatic hydroxyl groups excluding tert-OH is 1. The van der Waals surface area contributed by atoms with E-state index in [9.17, 15) is 14.3 Å². The molecule has 5 N–H and O–H groups in total. The monoisotopic (exact) mass is 265 g/mol. The molecule has 92 valence electrons. The molecule has 0 spiro atoms. The van der Waals surface area contributed by atoms with Crippen LogP contribution in [0.25, 0.3) is 0 Å². The highest BCUT2D eigenvalue weighted by Crippen LogP contribution is 2.45. The number of hydroxylamine groups is 3. The van der Waals surface area contributed by atoms with Gasteiger partial charge in [-0.15, -0.1) is 0 Å². The molecule has 0 aromatic rings. The molecule has 0 saturated carbocycles. The van der Waals surface area contributed by atoms with E-state index in [-0.39, 0.29) is 0 Å². The fourth-order valence-electron chi connectivity index (χ4n) is 0.905. The van der Waals surface area contributed by atoms with Gasteiger partial charge in [0.1, 0.15) is 0 Å². The largest absolute Gasteiger partial charge is 0.630 e. The second-order valence-corrected chi connectivity index (χ2v) is 6.42. The van der Waals surface area contributed by atoms with E-state index in [0.29, 0.717) is 0 Å². The van der Waals surface area contributed by atoms with E-state index in [4.69, 9.17) is 24.7 Å². The Bertz CT molecular complexity index is 280. The van der Waals surface area contributed by atoms with Gasteiger partial charge in [0.25, 0.3) is 0 Å². The number of rotatable bonds is 5. The third-order valence-corrected chi connectivity index (χ3v) is 3.22. The third kappa shape index (κ3) is 6.36. The molecule has 0 fully saturated rings. The molecule has 15 heavy (non-hydrogen) atoms. The molecule has 1 unspecified atom stereocenters. The summed E-state index contributed by atoms with van der Waals surface area (Å²) >= 11 is 0. The van der Waals surface area contributed by atoms with Gasteiger partial charge in [0, 0.05) is 6.92 Å². The lowest BCUT2D eigenvalue weighted by molar-refractivity contribution is -0.905. The summed E-state index contributed by atoms with van der Waals surface area (Å²) in [7, 11) is -9.54. The third-order valence-electron chi connectivity index (χ3n) is 1.53. The summed E-state index contributed by atoms with van der Waals surface area (Å²) < 4.78 is 19.1. The summed E-state index contributed by atoms with van der Waals surface area (Å²) in [6.45, 7) is 0.901. The molecule has 0 radical (unpaired) electrons. The van der Waals surface area contributed by atoms with Gasteiger partial charge in [-0.3, -0.25) is 9.13 Å². The van der Waals surface area contributed by atoms with Gasteiger partial charge in [-0.05, 0) is 0 Å². The maximum atomic E-state index is 11.5. The van der Waals surface area contributed by atoms with Gasteiger partial charge in [0.15, 0.2) is 18.8 Å². The SMILES string of the molecule is CC(O)[N+]([O-])(CP(=O)(O)O)CP(=O)(O)O. The lowest BCUT2D eigenvalue weighted by Gasteiger charge is -2.44. The molecule has 0 aliphatic carbocycles. The van der Waals surface area contributed by atoms with Crippen molar-refractivity contribution >= 4 is 15.2 Å². The highest BCUT2D eigenvalue weighted by atomic mass is 31.2. The molecule has 9 nitrogen and oxygen atoms in total. The van der Waals surface area contributed by atoms with Gasteiger partial charge < -0.3 is 34.5 Å². The van der Waals surface area contributed by atoms with Gasteiger partial charge in [-0.1, -0.05) is 0 Å². The van der Waals surface area contributed by atoms with Crippen LogP contribution >= 0.6 is 15.2 Å². The van der Waals surface area contributed by atoms with E-state index in [1.54, 1.807) is 0 Å². The van der Waals surface area contributed by atoms with E-state index in [2.05, 4.69) is 0 Å². The Morgan fingerprint density at radius 2 is 1.40 bits per heavy atom.